The molecule has 16 nitrogen and oxygen atoms in total. The number of hydrogen-bond acceptors (Lipinski definition) is 12. The Labute approximate surface area is 897 Å². The van der Waals surface area contributed by atoms with Gasteiger partial charge in [0, 0.05) is 0 Å². The molecule has 716 valence electrons. The summed E-state index contributed by atoms with van der Waals surface area (Å²) in [5, 5.41) is 0. The Morgan fingerprint density at radius 1 is 0.225 bits per heavy atom. The Kier molecular flexibility index (Phi) is 43.4. The Morgan fingerprint density at radius 2 is 0.370 bits per heavy atom. The van der Waals surface area contributed by atoms with Gasteiger partial charge in [0.25, 0.3) is 40.1 Å². The zero-order valence-electron chi connectivity index (χ0n) is 74.1. The quantitative estimate of drug-likeness (QED) is 0.0530. The molecule has 4 fully saturated rings. The maximum atomic E-state index is 14.1. The molecule has 4 saturated carbocycles. The molecule has 138 heavy (non-hydrogen) atoms. The van der Waals surface area contributed by atoms with Crippen molar-refractivity contribution in [2.45, 2.75) is 95.6 Å². The van der Waals surface area contributed by atoms with Crippen molar-refractivity contribution in [1.29, 1.82) is 0 Å². The van der Waals surface area contributed by atoms with Crippen LogP contribution in [-0.4, -0.2) is 74.2 Å². The Hall–Kier alpha value is -6.83. The molecule has 4 aliphatic carbocycles. The van der Waals surface area contributed by atoms with Crippen LogP contribution in [0.5, 0.6) is 0 Å². The van der Waals surface area contributed by atoms with E-state index in [0.29, 0.717) is 23.3 Å². The second-order valence-electron chi connectivity index (χ2n) is 31.8. The standard InChI is InChI=1S/4C27H23N2O2S.4ClH.2Fe.4Pd/c4*1-20-16-18-24(19-17-20)32(30,31)29-26(22-12-6-3-7-13-22)25(21-10-4-2-5-11-21)28-27(29)23-14-8-9-15-23;;;;;;;;;;/h4*2-19,25-26H,1H3;4*1H;;;;;;/q4*-1;;;;;6*+2/p-4/t4*25-,26-;;;;;;;;;;/m1111........../s1. The van der Waals surface area contributed by atoms with E-state index in [2.05, 4.69) is 111 Å². The van der Waals surface area contributed by atoms with Gasteiger partial charge in [-0.2, -0.15) is 25.7 Å². The van der Waals surface area contributed by atoms with Crippen LogP contribution in [0.1, 0.15) is 115 Å². The molecule has 0 N–H and O–H groups in total. The van der Waals surface area contributed by atoms with Crippen LogP contribution in [0.15, 0.2) is 379 Å². The first-order valence-corrected chi connectivity index (χ1v) is 56.5. The summed E-state index contributed by atoms with van der Waals surface area (Å²) in [6.45, 7) is 7.78. The summed E-state index contributed by atoms with van der Waals surface area (Å²) in [5.74, 6) is 5.05. The third kappa shape index (κ3) is 26.1. The van der Waals surface area contributed by atoms with Gasteiger partial charge in [0.15, 0.2) is 0 Å². The summed E-state index contributed by atoms with van der Waals surface area (Å²) in [4.78, 5) is 21.1. The van der Waals surface area contributed by atoms with Crippen LogP contribution < -0.4 is 0 Å². The van der Waals surface area contributed by atoms with Gasteiger partial charge in [-0.15, -0.1) is 23.7 Å². The third-order valence-corrected chi connectivity index (χ3v) is 30.4. The second-order valence-corrected chi connectivity index (χ2v) is 39.1. The van der Waals surface area contributed by atoms with Crippen LogP contribution in [0.4, 0.5) is 0 Å². The van der Waals surface area contributed by atoms with Crippen molar-refractivity contribution in [3.05, 3.63) is 533 Å². The zero-order valence-corrected chi connectivity index (χ0v) is 88.9. The monoisotopic (exact) mass is 2430 g/mol. The summed E-state index contributed by atoms with van der Waals surface area (Å²) < 4.78 is 119. The maximum Gasteiger partial charge on any atom is 2.00 e. The molecule has 12 aromatic rings. The zero-order chi connectivity index (χ0) is 96.5. The van der Waals surface area contributed by atoms with Gasteiger partial charge in [-0.3, -0.25) is 20.0 Å². The smallest absolute Gasteiger partial charge is 2.00 e. The fraction of sp³-hybridized carbons (Fsp3) is 0.111. The van der Waals surface area contributed by atoms with Gasteiger partial charge in [-0.1, -0.05) is 365 Å². The van der Waals surface area contributed by atoms with E-state index in [1.165, 1.54) is 17.2 Å². The van der Waals surface area contributed by atoms with Gasteiger partial charge in [0.05, 0.1) is 67.1 Å². The number of nitrogens with zero attached hydrogens (tertiary/aromatic N) is 8. The molecule has 0 amide bonds. The predicted molar refractivity (Wildman–Crippen MR) is 529 cm³/mol. The number of sulfonamides is 4. The summed E-state index contributed by atoms with van der Waals surface area (Å²) in [5.41, 5.74) is 11.6. The van der Waals surface area contributed by atoms with Crippen LogP contribution in [0.2, 0.25) is 0 Å². The molecular weight excluding hydrogens is 2340 g/mol. The fourth-order valence-electron chi connectivity index (χ4n) is 16.8. The van der Waals surface area contributed by atoms with E-state index in [0.717, 1.165) is 90.4 Å². The van der Waals surface area contributed by atoms with E-state index >= 15 is 0 Å². The molecule has 4 aliphatic heterocycles. The van der Waals surface area contributed by atoms with E-state index in [1.54, 1.807) is 48.5 Å². The molecule has 0 unspecified atom stereocenters. The van der Waals surface area contributed by atoms with Crippen molar-refractivity contribution in [2.24, 2.45) is 20.0 Å². The molecule has 0 saturated heterocycles. The van der Waals surface area contributed by atoms with Crippen molar-refractivity contribution in [1.82, 2.24) is 17.2 Å². The van der Waals surface area contributed by atoms with E-state index in [4.69, 9.17) is 20.0 Å². The van der Waals surface area contributed by atoms with Crippen LogP contribution in [-0.2, 0) is 147 Å². The maximum absolute atomic E-state index is 14.1. The number of halogens is 4. The average Bonchev–Trinajstić information content (AvgIpc) is 1.59. The minimum atomic E-state index is -3.87. The van der Waals surface area contributed by atoms with Crippen LogP contribution in [0.25, 0.3) is 0 Å². The molecule has 0 spiro atoms. The molecular formula is C108H92Cl4Fe2N8O8Pd4S4+4. The molecule has 8 aliphatic rings. The van der Waals surface area contributed by atoms with Gasteiger partial charge in [-0.05, 0) is 121 Å². The molecule has 20 rings (SSSR count). The largest absolute Gasteiger partial charge is 2.00 e. The van der Waals surface area contributed by atoms with Gasteiger partial charge in [0.2, 0.25) is 0 Å². The van der Waals surface area contributed by atoms with Gasteiger partial charge >= 0.3 is 145 Å². The minimum absolute atomic E-state index is 0. The SMILES string of the molecule is Cc1ccc(S(=O)(=O)N2C([C]3[CH][CH][CH][CH-]3)=N[C@H](c3ccccc3)[C@H]2c2ccccc2)cc1.Cc1ccc(S(=O)(=O)N2C([C]3[CH][CH][CH][CH-]3)=N[C@H](c3ccccc3)[C@H]2c2ccccc2)cc1.Cc1ccc(S(=O)(=O)N2C([C]3[CH][CH][CH][CH-]3)=N[C@H](c3ccccc3)[C@H]2c2ccccc2)cc1.Cc1ccc(S(=O)(=O)N2C([C]3[CH][CH][CH][CH-]3)=N[C@H](c3ccccc3)[C@H]2c2ccccc2)cc1.[Cl][Pd+].[Cl][Pd+].[Cl][Pd+].[Cl][Pd+].[Fe+2].[Fe+2]. The van der Waals surface area contributed by atoms with Gasteiger partial charge in [0.1, 0.15) is 24.2 Å². The van der Waals surface area contributed by atoms with E-state index < -0.39 is 64.3 Å². The van der Waals surface area contributed by atoms with Crippen LogP contribution >= 0.6 is 38.1 Å². The Balaban J connectivity index is 0.000000171. The van der Waals surface area contributed by atoms with Crippen LogP contribution in [0.3, 0.4) is 0 Å². The number of aryl methyl sites for hydroxylation is 4. The van der Waals surface area contributed by atoms with Crippen molar-refractivity contribution in [3.8, 4) is 0 Å². The minimum Gasteiger partial charge on any atom is 2.00 e. The van der Waals surface area contributed by atoms with Gasteiger partial charge < -0.3 is 25.7 Å². The van der Waals surface area contributed by atoms with E-state index in [9.17, 15) is 33.7 Å². The predicted octanol–water partition coefficient (Wildman–Crippen LogP) is 23.9. The first-order chi connectivity index (χ1) is 66.2. The summed E-state index contributed by atoms with van der Waals surface area (Å²) >= 11 is 8.89. The van der Waals surface area contributed by atoms with Crippen molar-refractivity contribution < 1.29 is 141 Å². The van der Waals surface area contributed by atoms with Crippen LogP contribution in [0, 0.1) is 154 Å². The summed E-state index contributed by atoms with van der Waals surface area (Å²) in [6, 6.07) is 103. The fourth-order valence-corrected chi connectivity index (χ4v) is 23.3. The molecule has 0 bridgehead atoms. The summed E-state index contributed by atoms with van der Waals surface area (Å²) in [6.07, 6.45) is 30.5. The molecule has 16 radical (unpaired) electrons. The number of amidine groups is 4. The van der Waals surface area contributed by atoms with Crippen molar-refractivity contribution in [3.63, 3.8) is 0 Å². The third-order valence-electron chi connectivity index (χ3n) is 23.2. The average molecular weight is 2440 g/mol. The number of rotatable bonds is 20. The summed E-state index contributed by atoms with van der Waals surface area (Å²) in [7, 11) is 2.49. The number of benzene rings is 12. The normalized spacial score (nSPS) is 20.3. The van der Waals surface area contributed by atoms with Gasteiger partial charge in [-0.25, -0.2) is 50.9 Å². The topological polar surface area (TPSA) is 199 Å². The van der Waals surface area contributed by atoms with Crippen molar-refractivity contribution >= 4 is 102 Å². The molecule has 30 heteroatoms. The van der Waals surface area contributed by atoms with E-state index in [-0.39, 0.29) is 77.9 Å². The van der Waals surface area contributed by atoms with Crippen molar-refractivity contribution in [2.75, 3.05) is 0 Å². The molecule has 4 heterocycles. The first-order valence-electron chi connectivity index (χ1n) is 42.7. The van der Waals surface area contributed by atoms with E-state index in [1.807, 2.05) is 422 Å². The Bertz CT molecular complexity index is 5650. The molecule has 8 atom stereocenters. The number of aliphatic imine (C=N–C) groups is 4. The first kappa shape index (κ1) is 112. The number of hydrogen-bond donors (Lipinski definition) is 0. The Morgan fingerprint density at radius 3 is 0.507 bits per heavy atom. The molecule has 12 aromatic carbocycles. The molecule has 0 aromatic heterocycles. The second kappa shape index (κ2) is 53.7.